The molecule has 5 nitrogen and oxygen atoms in total. The second kappa shape index (κ2) is 44.5. The van der Waals surface area contributed by atoms with Crippen molar-refractivity contribution in [3.05, 3.63) is 24.3 Å². The second-order valence-electron chi connectivity index (χ2n) is 16.7. The molecule has 0 aliphatic carbocycles. The molecular formula is C49H95NO4. The molecule has 0 aliphatic rings. The van der Waals surface area contributed by atoms with E-state index in [9.17, 15) is 20.1 Å². The molecule has 0 spiro atoms. The van der Waals surface area contributed by atoms with Crippen LogP contribution in [0.4, 0.5) is 0 Å². The minimum Gasteiger partial charge on any atom is -0.394 e. The van der Waals surface area contributed by atoms with Gasteiger partial charge in [0.2, 0.25) is 5.91 Å². The van der Waals surface area contributed by atoms with Gasteiger partial charge in [-0.2, -0.15) is 0 Å². The quantitative estimate of drug-likeness (QED) is 0.0368. The maximum atomic E-state index is 12.5. The standard InChI is InChI=1S/C49H95NO4/c1-3-5-7-9-11-13-15-17-19-20-21-22-23-24-25-26-27-29-30-32-34-36-38-40-42-46(52)44-49(54)50-47(45-51)48(53)43-41-39-37-35-33-31-28-18-16-14-12-10-8-6-4-2/h33,35,41,43,46-48,51-53H,3-32,34,36-40,42,44-45H2,1-2H3,(H,50,54)/b35-33+,43-41+. The minimum absolute atomic E-state index is 0.00997. The van der Waals surface area contributed by atoms with Crippen molar-refractivity contribution in [2.75, 3.05) is 6.61 Å². The Bertz CT molecular complexity index is 799. The molecule has 0 saturated carbocycles. The van der Waals surface area contributed by atoms with Crippen LogP contribution in [0, 0.1) is 0 Å². The van der Waals surface area contributed by atoms with Crippen LogP contribution >= 0.6 is 0 Å². The maximum Gasteiger partial charge on any atom is 0.222 e. The van der Waals surface area contributed by atoms with Crippen molar-refractivity contribution in [1.82, 2.24) is 5.32 Å². The number of nitrogens with one attached hydrogen (secondary N) is 1. The molecule has 0 aromatic rings. The SMILES string of the molecule is CCCCCCCCCCC/C=C/CC/C=C/C(O)C(CO)NC(=O)CC(O)CCCCCCCCCCCCCCCCCCCCCCCCCC. The van der Waals surface area contributed by atoms with Gasteiger partial charge in [0.1, 0.15) is 0 Å². The number of hydrogen-bond donors (Lipinski definition) is 4. The normalized spacial score (nSPS) is 13.6. The minimum atomic E-state index is -0.948. The van der Waals surface area contributed by atoms with Gasteiger partial charge in [-0.15, -0.1) is 0 Å². The van der Waals surface area contributed by atoms with Gasteiger partial charge in [-0.05, 0) is 32.1 Å². The zero-order valence-electron chi connectivity index (χ0n) is 36.4. The summed E-state index contributed by atoms with van der Waals surface area (Å²) in [4.78, 5) is 12.5. The first-order chi connectivity index (χ1) is 26.5. The summed E-state index contributed by atoms with van der Waals surface area (Å²) < 4.78 is 0. The van der Waals surface area contributed by atoms with Crippen LogP contribution in [0.5, 0.6) is 0 Å². The fourth-order valence-corrected chi connectivity index (χ4v) is 7.53. The molecule has 0 heterocycles. The van der Waals surface area contributed by atoms with Gasteiger partial charge in [-0.3, -0.25) is 4.79 Å². The third kappa shape index (κ3) is 40.5. The number of amides is 1. The lowest BCUT2D eigenvalue weighted by atomic mass is 10.0. The van der Waals surface area contributed by atoms with E-state index >= 15 is 0 Å². The Hall–Kier alpha value is -1.17. The van der Waals surface area contributed by atoms with E-state index in [-0.39, 0.29) is 18.9 Å². The van der Waals surface area contributed by atoms with Crippen LogP contribution in [0.25, 0.3) is 0 Å². The van der Waals surface area contributed by atoms with Gasteiger partial charge in [0, 0.05) is 0 Å². The molecule has 54 heavy (non-hydrogen) atoms. The van der Waals surface area contributed by atoms with Crippen molar-refractivity contribution >= 4 is 5.91 Å². The van der Waals surface area contributed by atoms with Gasteiger partial charge in [-0.1, -0.05) is 244 Å². The van der Waals surface area contributed by atoms with E-state index in [4.69, 9.17) is 0 Å². The number of aliphatic hydroxyl groups excluding tert-OH is 3. The number of allylic oxidation sites excluding steroid dienone is 3. The average Bonchev–Trinajstić information content (AvgIpc) is 3.16. The van der Waals surface area contributed by atoms with E-state index in [2.05, 4.69) is 31.3 Å². The van der Waals surface area contributed by atoms with Gasteiger partial charge in [0.25, 0.3) is 0 Å². The first-order valence-electron chi connectivity index (χ1n) is 24.1. The van der Waals surface area contributed by atoms with Crippen molar-refractivity contribution in [3.63, 3.8) is 0 Å². The third-order valence-corrected chi connectivity index (χ3v) is 11.2. The Morgan fingerprint density at radius 2 is 0.796 bits per heavy atom. The topological polar surface area (TPSA) is 89.8 Å². The number of unbranched alkanes of at least 4 members (excludes halogenated alkanes) is 33. The summed E-state index contributed by atoms with van der Waals surface area (Å²) >= 11 is 0. The molecule has 3 atom stereocenters. The van der Waals surface area contributed by atoms with E-state index < -0.39 is 18.2 Å². The Morgan fingerprint density at radius 1 is 0.463 bits per heavy atom. The molecule has 0 aromatic carbocycles. The van der Waals surface area contributed by atoms with E-state index in [1.807, 2.05) is 6.08 Å². The molecule has 0 rings (SSSR count). The van der Waals surface area contributed by atoms with E-state index in [1.54, 1.807) is 6.08 Å². The molecule has 0 aromatic heterocycles. The summed E-state index contributed by atoms with van der Waals surface area (Å²) in [7, 11) is 0. The van der Waals surface area contributed by atoms with Crippen molar-refractivity contribution < 1.29 is 20.1 Å². The highest BCUT2D eigenvalue weighted by Gasteiger charge is 2.20. The molecule has 1 amide bonds. The predicted molar refractivity (Wildman–Crippen MR) is 236 cm³/mol. The lowest BCUT2D eigenvalue weighted by Crippen LogP contribution is -2.45. The number of aliphatic hydroxyl groups is 3. The number of carbonyl (C=O) groups is 1. The number of rotatable bonds is 44. The smallest absolute Gasteiger partial charge is 0.222 e. The largest absolute Gasteiger partial charge is 0.394 e. The summed E-state index contributed by atoms with van der Waals surface area (Å²) in [6.45, 7) is 4.21. The van der Waals surface area contributed by atoms with Crippen LogP contribution in [0.2, 0.25) is 0 Å². The molecule has 320 valence electrons. The highest BCUT2D eigenvalue weighted by Crippen LogP contribution is 2.17. The predicted octanol–water partition coefficient (Wildman–Crippen LogP) is 14.2. The molecule has 0 fully saturated rings. The maximum absolute atomic E-state index is 12.5. The highest BCUT2D eigenvalue weighted by molar-refractivity contribution is 5.76. The van der Waals surface area contributed by atoms with Crippen LogP contribution in [0.3, 0.4) is 0 Å². The highest BCUT2D eigenvalue weighted by atomic mass is 16.3. The summed E-state index contributed by atoms with van der Waals surface area (Å²) in [5.41, 5.74) is 0. The van der Waals surface area contributed by atoms with Gasteiger partial charge >= 0.3 is 0 Å². The number of carbonyl (C=O) groups excluding carboxylic acids is 1. The fourth-order valence-electron chi connectivity index (χ4n) is 7.53. The molecule has 0 saturated heterocycles. The Kier molecular flexibility index (Phi) is 43.6. The van der Waals surface area contributed by atoms with Crippen LogP contribution < -0.4 is 5.32 Å². The van der Waals surface area contributed by atoms with Crippen LogP contribution in [0.15, 0.2) is 24.3 Å². The summed E-state index contributed by atoms with van der Waals surface area (Å²) in [5, 5.41) is 33.3. The molecule has 4 N–H and O–H groups in total. The van der Waals surface area contributed by atoms with Crippen LogP contribution in [0.1, 0.15) is 258 Å². The van der Waals surface area contributed by atoms with Crippen LogP contribution in [-0.2, 0) is 4.79 Å². The van der Waals surface area contributed by atoms with Crippen molar-refractivity contribution in [2.24, 2.45) is 0 Å². The van der Waals surface area contributed by atoms with E-state index in [1.165, 1.54) is 199 Å². The second-order valence-corrected chi connectivity index (χ2v) is 16.7. The summed E-state index contributed by atoms with van der Waals surface area (Å²) in [5.74, 6) is -0.322. The first-order valence-corrected chi connectivity index (χ1v) is 24.1. The molecule has 0 radical (unpaired) electrons. The number of hydrogen-bond acceptors (Lipinski definition) is 4. The lowest BCUT2D eigenvalue weighted by Gasteiger charge is -2.21. The molecule has 5 heteroatoms. The van der Waals surface area contributed by atoms with Gasteiger partial charge in [-0.25, -0.2) is 0 Å². The zero-order valence-corrected chi connectivity index (χ0v) is 36.4. The third-order valence-electron chi connectivity index (χ3n) is 11.2. The molecule has 3 unspecified atom stereocenters. The van der Waals surface area contributed by atoms with Crippen molar-refractivity contribution in [1.29, 1.82) is 0 Å². The Balaban J connectivity index is 3.59. The summed E-state index contributed by atoms with van der Waals surface area (Å²) in [6, 6.07) is -0.757. The van der Waals surface area contributed by atoms with Crippen molar-refractivity contribution in [2.45, 2.75) is 276 Å². The van der Waals surface area contributed by atoms with Crippen LogP contribution in [-0.4, -0.2) is 46.1 Å². The Morgan fingerprint density at radius 3 is 1.19 bits per heavy atom. The van der Waals surface area contributed by atoms with Gasteiger partial charge < -0.3 is 20.6 Å². The lowest BCUT2D eigenvalue weighted by molar-refractivity contribution is -0.124. The summed E-state index contributed by atoms with van der Waals surface area (Å²) in [6.07, 6.45) is 54.8. The molecular weight excluding hydrogens is 667 g/mol. The first kappa shape index (κ1) is 52.8. The fraction of sp³-hybridized carbons (Fsp3) is 0.898. The molecule has 0 bridgehead atoms. The average molecular weight is 762 g/mol. The molecule has 0 aliphatic heterocycles. The van der Waals surface area contributed by atoms with Gasteiger partial charge in [0.15, 0.2) is 0 Å². The monoisotopic (exact) mass is 762 g/mol. The Labute approximate surface area is 337 Å². The van der Waals surface area contributed by atoms with Gasteiger partial charge in [0.05, 0.1) is 31.3 Å². The van der Waals surface area contributed by atoms with Crippen molar-refractivity contribution in [3.8, 4) is 0 Å². The van der Waals surface area contributed by atoms with E-state index in [0.29, 0.717) is 6.42 Å². The zero-order chi connectivity index (χ0) is 39.4. The van der Waals surface area contributed by atoms with E-state index in [0.717, 1.165) is 32.1 Å².